The molecule has 0 saturated carbocycles. The molecule has 4 heteroatoms. The van der Waals surface area contributed by atoms with Crippen molar-refractivity contribution in [3.8, 4) is 0 Å². The molecule has 3 rings (SSSR count). The van der Waals surface area contributed by atoms with Crippen LogP contribution in [-0.4, -0.2) is 47.7 Å². The van der Waals surface area contributed by atoms with Crippen molar-refractivity contribution >= 4 is 0 Å². The number of nitrogens with one attached hydrogen (secondary N) is 1. The highest BCUT2D eigenvalue weighted by Gasteiger charge is 2.57. The van der Waals surface area contributed by atoms with Crippen LogP contribution in [0.4, 0.5) is 0 Å². The Kier molecular flexibility index (Phi) is 0.840. The summed E-state index contributed by atoms with van der Waals surface area (Å²) in [6, 6.07) is 0.801. The molecular formula is C6H10N2O2. The van der Waals surface area contributed by atoms with Crippen LogP contribution in [0.25, 0.3) is 0 Å². The lowest BCUT2D eigenvalue weighted by Gasteiger charge is -2.11. The van der Waals surface area contributed by atoms with Gasteiger partial charge in [-0.05, 0) is 0 Å². The number of ether oxygens (including phenoxy) is 1. The first-order valence-electron chi connectivity index (χ1n) is 3.69. The van der Waals surface area contributed by atoms with E-state index in [1.54, 1.807) is 0 Å². The monoisotopic (exact) mass is 142 g/mol. The van der Waals surface area contributed by atoms with Gasteiger partial charge in [-0.3, -0.25) is 4.90 Å². The van der Waals surface area contributed by atoms with Gasteiger partial charge >= 0.3 is 0 Å². The summed E-state index contributed by atoms with van der Waals surface area (Å²) < 4.78 is 5.27. The molecule has 3 heterocycles. The second kappa shape index (κ2) is 1.53. The van der Waals surface area contributed by atoms with Crippen LogP contribution in [0.1, 0.15) is 0 Å². The largest absolute Gasteiger partial charge is 0.366 e. The number of fused-ring (bicyclic) bond motifs is 1. The van der Waals surface area contributed by atoms with Crippen molar-refractivity contribution in [2.45, 2.75) is 24.6 Å². The van der Waals surface area contributed by atoms with Crippen LogP contribution in [0, 0.1) is 0 Å². The van der Waals surface area contributed by atoms with Gasteiger partial charge in [-0.15, -0.1) is 0 Å². The van der Waals surface area contributed by atoms with Crippen LogP contribution >= 0.6 is 0 Å². The van der Waals surface area contributed by atoms with Gasteiger partial charge in [0.1, 0.15) is 6.23 Å². The van der Waals surface area contributed by atoms with E-state index in [-0.39, 0.29) is 6.23 Å². The van der Waals surface area contributed by atoms with E-state index in [0.717, 1.165) is 13.1 Å². The third kappa shape index (κ3) is 0.594. The van der Waals surface area contributed by atoms with E-state index in [1.807, 2.05) is 0 Å². The number of hydrogen-bond donors (Lipinski definition) is 2. The van der Waals surface area contributed by atoms with E-state index >= 15 is 0 Å². The van der Waals surface area contributed by atoms with Crippen molar-refractivity contribution in [2.75, 3.05) is 13.1 Å². The van der Waals surface area contributed by atoms with E-state index < -0.39 is 6.29 Å². The number of hydrogen-bond acceptors (Lipinski definition) is 4. The predicted molar refractivity (Wildman–Crippen MR) is 33.2 cm³/mol. The lowest BCUT2D eigenvalue weighted by Crippen LogP contribution is -2.27. The van der Waals surface area contributed by atoms with Crippen molar-refractivity contribution in [1.82, 2.24) is 10.2 Å². The average molecular weight is 142 g/mol. The lowest BCUT2D eigenvalue weighted by molar-refractivity contribution is -0.111. The molecular weight excluding hydrogens is 132 g/mol. The first-order chi connectivity index (χ1) is 4.86. The molecule has 0 aromatic heterocycles. The minimum Gasteiger partial charge on any atom is -0.366 e. The number of nitrogens with zero attached hydrogens (tertiary/aromatic N) is 1. The molecule has 10 heavy (non-hydrogen) atoms. The fourth-order valence-electron chi connectivity index (χ4n) is 1.62. The maximum Gasteiger partial charge on any atom is 0.173 e. The minimum atomic E-state index is -0.521. The molecule has 0 bridgehead atoms. The average Bonchev–Trinajstić information content (AvgIpc) is 2.81. The van der Waals surface area contributed by atoms with Gasteiger partial charge in [0.2, 0.25) is 0 Å². The van der Waals surface area contributed by atoms with E-state index in [1.165, 1.54) is 0 Å². The standard InChI is InChI=1S/C6H10N2O2/c9-6-4-2-8(4)5(10-6)3-1-7-3/h3-7,9H,1-2H2/t3-,4?,5?,6+,8-/m1/s1. The third-order valence-electron chi connectivity index (χ3n) is 2.41. The lowest BCUT2D eigenvalue weighted by atomic mass is 10.4. The molecule has 56 valence electrons. The summed E-state index contributed by atoms with van der Waals surface area (Å²) in [6.07, 6.45) is -0.354. The maximum atomic E-state index is 9.19. The van der Waals surface area contributed by atoms with Crippen LogP contribution in [0.5, 0.6) is 0 Å². The van der Waals surface area contributed by atoms with Gasteiger partial charge in [0.15, 0.2) is 6.29 Å². The van der Waals surface area contributed by atoms with Crippen molar-refractivity contribution in [3.05, 3.63) is 0 Å². The molecule has 4 nitrogen and oxygen atoms in total. The summed E-state index contributed by atoms with van der Waals surface area (Å²) in [5, 5.41) is 12.4. The molecule has 2 N–H and O–H groups in total. The Hall–Kier alpha value is -0.160. The van der Waals surface area contributed by atoms with Crippen LogP contribution in [0.3, 0.4) is 0 Å². The number of rotatable bonds is 1. The summed E-state index contributed by atoms with van der Waals surface area (Å²) >= 11 is 0. The molecule has 0 amide bonds. The van der Waals surface area contributed by atoms with Gasteiger partial charge in [0.25, 0.3) is 0 Å². The number of aliphatic hydroxyl groups is 1. The Balaban J connectivity index is 1.76. The predicted octanol–water partition coefficient (Wildman–Crippen LogP) is -1.68. The highest BCUT2D eigenvalue weighted by atomic mass is 16.6. The smallest absolute Gasteiger partial charge is 0.173 e. The van der Waals surface area contributed by atoms with Crippen molar-refractivity contribution in [2.24, 2.45) is 0 Å². The molecule has 0 aromatic carbocycles. The Morgan fingerprint density at radius 3 is 2.80 bits per heavy atom. The molecule has 0 radical (unpaired) electrons. The quantitative estimate of drug-likeness (QED) is 0.429. The van der Waals surface area contributed by atoms with Crippen LogP contribution in [-0.2, 0) is 4.74 Å². The Labute approximate surface area is 58.8 Å². The fourth-order valence-corrected chi connectivity index (χ4v) is 1.62. The second-order valence-electron chi connectivity index (χ2n) is 3.20. The molecule has 3 aliphatic rings. The molecule has 0 aromatic rings. The SMILES string of the molecule is O[C@H]1OC([C@H]2CN2)[N@]2CC12. The van der Waals surface area contributed by atoms with E-state index in [9.17, 15) is 5.11 Å². The zero-order valence-corrected chi connectivity index (χ0v) is 5.53. The zero-order valence-electron chi connectivity index (χ0n) is 5.53. The van der Waals surface area contributed by atoms with Gasteiger partial charge < -0.3 is 15.2 Å². The highest BCUT2D eigenvalue weighted by molar-refractivity contribution is 5.06. The van der Waals surface area contributed by atoms with Crippen molar-refractivity contribution < 1.29 is 9.84 Å². The number of aliphatic hydroxyl groups excluding tert-OH is 1. The summed E-state index contributed by atoms with van der Waals surface area (Å²) in [6.45, 7) is 2.06. The summed E-state index contributed by atoms with van der Waals surface area (Å²) in [5.41, 5.74) is 0. The normalized spacial score (nSPS) is 63.9. The van der Waals surface area contributed by atoms with Crippen molar-refractivity contribution in [3.63, 3.8) is 0 Å². The van der Waals surface area contributed by atoms with E-state index in [4.69, 9.17) is 4.74 Å². The van der Waals surface area contributed by atoms with Gasteiger partial charge in [-0.2, -0.15) is 0 Å². The fraction of sp³-hybridized carbons (Fsp3) is 1.00. The molecule has 3 aliphatic heterocycles. The van der Waals surface area contributed by atoms with Gasteiger partial charge in [-0.1, -0.05) is 0 Å². The van der Waals surface area contributed by atoms with E-state index in [0.29, 0.717) is 12.1 Å². The maximum absolute atomic E-state index is 9.19. The Morgan fingerprint density at radius 1 is 1.60 bits per heavy atom. The highest BCUT2D eigenvalue weighted by Crippen LogP contribution is 2.36. The minimum absolute atomic E-state index is 0.167. The van der Waals surface area contributed by atoms with Crippen LogP contribution in [0.15, 0.2) is 0 Å². The molecule has 2 unspecified atom stereocenters. The zero-order chi connectivity index (χ0) is 6.72. The first-order valence-corrected chi connectivity index (χ1v) is 3.69. The molecule has 3 fully saturated rings. The van der Waals surface area contributed by atoms with Gasteiger partial charge in [0.05, 0.1) is 12.1 Å². The van der Waals surface area contributed by atoms with Crippen molar-refractivity contribution in [1.29, 1.82) is 0 Å². The second-order valence-corrected chi connectivity index (χ2v) is 3.20. The van der Waals surface area contributed by atoms with Crippen LogP contribution < -0.4 is 5.32 Å². The van der Waals surface area contributed by atoms with Gasteiger partial charge in [-0.25, -0.2) is 0 Å². The van der Waals surface area contributed by atoms with Gasteiger partial charge in [0, 0.05) is 13.1 Å². The summed E-state index contributed by atoms with van der Waals surface area (Å²) in [5.74, 6) is 0. The third-order valence-corrected chi connectivity index (χ3v) is 2.41. The molecule has 5 atom stereocenters. The Morgan fingerprint density at radius 2 is 2.40 bits per heavy atom. The Bertz CT molecular complexity index is 171. The molecule has 0 aliphatic carbocycles. The summed E-state index contributed by atoms with van der Waals surface area (Å²) in [4.78, 5) is 2.19. The van der Waals surface area contributed by atoms with Crippen LogP contribution in [0.2, 0.25) is 0 Å². The topological polar surface area (TPSA) is 54.4 Å². The summed E-state index contributed by atoms with van der Waals surface area (Å²) in [7, 11) is 0. The first kappa shape index (κ1) is 5.49. The molecule has 0 spiro atoms. The molecule has 3 saturated heterocycles. The van der Waals surface area contributed by atoms with E-state index in [2.05, 4.69) is 10.2 Å².